The maximum Gasteiger partial charge on any atom is 0.275 e. The number of rotatable bonds is 2. The van der Waals surface area contributed by atoms with Crippen LogP contribution in [0.5, 0.6) is 11.5 Å². The third kappa shape index (κ3) is 2.48. The molecule has 0 fully saturated rings. The molecule has 1 amide bonds. The van der Waals surface area contributed by atoms with Gasteiger partial charge in [-0.15, -0.1) is 0 Å². The van der Waals surface area contributed by atoms with E-state index in [1.807, 2.05) is 36.4 Å². The summed E-state index contributed by atoms with van der Waals surface area (Å²) in [5.41, 5.74) is 1.88. The number of aromatic amines is 1. The van der Waals surface area contributed by atoms with Crippen molar-refractivity contribution in [2.75, 3.05) is 18.5 Å². The van der Waals surface area contributed by atoms with E-state index in [-0.39, 0.29) is 5.91 Å². The fourth-order valence-electron chi connectivity index (χ4n) is 2.94. The summed E-state index contributed by atoms with van der Waals surface area (Å²) < 4.78 is 12.1. The SMILES string of the molecule is O=C(Nc1nc2cc3c(cc2s1)OCCO3)c1[nH]c2ccccc2c1Cl. The second kappa shape index (κ2) is 5.89. The number of fused-ring (bicyclic) bond motifs is 3. The lowest BCUT2D eigenvalue weighted by molar-refractivity contribution is 0.102. The molecule has 3 heterocycles. The topological polar surface area (TPSA) is 76.2 Å². The number of halogens is 1. The molecule has 1 aliphatic heterocycles. The molecule has 26 heavy (non-hydrogen) atoms. The van der Waals surface area contributed by atoms with E-state index in [9.17, 15) is 4.79 Å². The third-order valence-corrected chi connectivity index (χ3v) is 5.47. The predicted molar refractivity (Wildman–Crippen MR) is 102 cm³/mol. The lowest BCUT2D eigenvalue weighted by Crippen LogP contribution is -2.15. The van der Waals surface area contributed by atoms with Crippen LogP contribution >= 0.6 is 22.9 Å². The Kier molecular flexibility index (Phi) is 3.51. The van der Waals surface area contributed by atoms with Crippen molar-refractivity contribution >= 4 is 55.1 Å². The zero-order valence-electron chi connectivity index (χ0n) is 13.3. The molecule has 2 aromatic heterocycles. The van der Waals surface area contributed by atoms with Gasteiger partial charge in [0.05, 0.1) is 15.2 Å². The number of ether oxygens (including phenoxy) is 2. The molecule has 130 valence electrons. The highest BCUT2D eigenvalue weighted by molar-refractivity contribution is 7.22. The number of thiazole rings is 1. The molecule has 0 unspecified atom stereocenters. The van der Waals surface area contributed by atoms with Crippen molar-refractivity contribution in [3.8, 4) is 11.5 Å². The maximum atomic E-state index is 12.6. The number of hydrogen-bond donors (Lipinski definition) is 2. The smallest absolute Gasteiger partial charge is 0.275 e. The van der Waals surface area contributed by atoms with E-state index >= 15 is 0 Å². The average Bonchev–Trinajstić information content (AvgIpc) is 3.20. The van der Waals surface area contributed by atoms with Gasteiger partial charge in [-0.05, 0) is 6.07 Å². The van der Waals surface area contributed by atoms with Crippen LogP contribution in [0.15, 0.2) is 36.4 Å². The predicted octanol–water partition coefficient (Wildman–Crippen LogP) is 4.45. The number of H-pyrrole nitrogens is 1. The van der Waals surface area contributed by atoms with Crippen LogP contribution in [-0.2, 0) is 0 Å². The molecule has 0 aliphatic carbocycles. The summed E-state index contributed by atoms with van der Waals surface area (Å²) in [5.74, 6) is 1.04. The van der Waals surface area contributed by atoms with Crippen LogP contribution in [0, 0.1) is 0 Å². The van der Waals surface area contributed by atoms with Gasteiger partial charge in [-0.1, -0.05) is 41.1 Å². The van der Waals surface area contributed by atoms with Crippen molar-refractivity contribution in [2.24, 2.45) is 0 Å². The molecule has 4 aromatic rings. The minimum absolute atomic E-state index is 0.318. The Morgan fingerprint density at radius 2 is 1.96 bits per heavy atom. The number of hydrogen-bond acceptors (Lipinski definition) is 5. The summed E-state index contributed by atoms with van der Waals surface area (Å²) in [7, 11) is 0. The van der Waals surface area contributed by atoms with Crippen molar-refractivity contribution in [3.63, 3.8) is 0 Å². The molecular formula is C18H12ClN3O3S. The van der Waals surface area contributed by atoms with Crippen LogP contribution in [0.3, 0.4) is 0 Å². The lowest BCUT2D eigenvalue weighted by Gasteiger charge is -2.17. The fraction of sp³-hybridized carbons (Fsp3) is 0.111. The van der Waals surface area contributed by atoms with Crippen LogP contribution in [-0.4, -0.2) is 29.1 Å². The number of aromatic nitrogens is 2. The first-order valence-corrected chi connectivity index (χ1v) is 9.16. The number of benzene rings is 2. The Bertz CT molecular complexity index is 1120. The van der Waals surface area contributed by atoms with Crippen LogP contribution < -0.4 is 14.8 Å². The van der Waals surface area contributed by atoms with Gasteiger partial charge in [-0.2, -0.15) is 0 Å². The lowest BCUT2D eigenvalue weighted by atomic mass is 10.2. The van der Waals surface area contributed by atoms with Crippen molar-refractivity contribution in [2.45, 2.75) is 0 Å². The van der Waals surface area contributed by atoms with Gasteiger partial charge in [-0.25, -0.2) is 4.98 Å². The number of carbonyl (C=O) groups excluding carboxylic acids is 1. The first-order valence-electron chi connectivity index (χ1n) is 7.97. The normalized spacial score (nSPS) is 13.3. The summed E-state index contributed by atoms with van der Waals surface area (Å²) >= 11 is 7.71. The number of amides is 1. The molecule has 5 rings (SSSR count). The van der Waals surface area contributed by atoms with E-state index in [1.54, 1.807) is 0 Å². The van der Waals surface area contributed by atoms with Crippen molar-refractivity contribution in [1.29, 1.82) is 0 Å². The number of nitrogens with zero attached hydrogens (tertiary/aromatic N) is 1. The largest absolute Gasteiger partial charge is 0.486 e. The summed E-state index contributed by atoms with van der Waals surface area (Å²) in [6.45, 7) is 1.05. The minimum Gasteiger partial charge on any atom is -0.486 e. The van der Waals surface area contributed by atoms with Gasteiger partial charge in [0.1, 0.15) is 18.9 Å². The Morgan fingerprint density at radius 3 is 2.77 bits per heavy atom. The zero-order valence-corrected chi connectivity index (χ0v) is 14.9. The number of para-hydroxylation sites is 1. The first-order chi connectivity index (χ1) is 12.7. The summed E-state index contributed by atoms with van der Waals surface area (Å²) in [6.07, 6.45) is 0. The Hall–Kier alpha value is -2.77. The maximum absolute atomic E-state index is 12.6. The monoisotopic (exact) mass is 385 g/mol. The molecule has 1 aliphatic rings. The molecule has 6 nitrogen and oxygen atoms in total. The third-order valence-electron chi connectivity index (χ3n) is 4.14. The molecule has 0 saturated carbocycles. The van der Waals surface area contributed by atoms with Crippen molar-refractivity contribution in [3.05, 3.63) is 47.1 Å². The highest BCUT2D eigenvalue weighted by atomic mass is 35.5. The molecule has 0 bridgehead atoms. The fourth-order valence-corrected chi connectivity index (χ4v) is 4.11. The molecule has 0 spiro atoms. The molecule has 0 atom stereocenters. The van der Waals surface area contributed by atoms with Gasteiger partial charge >= 0.3 is 0 Å². The molecule has 2 aromatic carbocycles. The molecule has 0 radical (unpaired) electrons. The van der Waals surface area contributed by atoms with Crippen LogP contribution in [0.4, 0.5) is 5.13 Å². The first kappa shape index (κ1) is 15.5. The number of carbonyl (C=O) groups is 1. The van der Waals surface area contributed by atoms with E-state index in [0.29, 0.717) is 40.6 Å². The quantitative estimate of drug-likeness (QED) is 0.534. The highest BCUT2D eigenvalue weighted by Gasteiger charge is 2.19. The van der Waals surface area contributed by atoms with Crippen LogP contribution in [0.25, 0.3) is 21.1 Å². The second-order valence-corrected chi connectivity index (χ2v) is 7.20. The van der Waals surface area contributed by atoms with Gasteiger partial charge in [-0.3, -0.25) is 10.1 Å². The minimum atomic E-state index is -0.331. The average molecular weight is 386 g/mol. The van der Waals surface area contributed by atoms with Gasteiger partial charge in [0.2, 0.25) is 0 Å². The molecular weight excluding hydrogens is 374 g/mol. The Labute approximate surface area is 156 Å². The van der Waals surface area contributed by atoms with Gasteiger partial charge in [0, 0.05) is 23.0 Å². The van der Waals surface area contributed by atoms with E-state index < -0.39 is 0 Å². The molecule has 0 saturated heterocycles. The summed E-state index contributed by atoms with van der Waals surface area (Å²) in [6, 6.07) is 11.2. The number of anilines is 1. The van der Waals surface area contributed by atoms with E-state index in [4.69, 9.17) is 21.1 Å². The van der Waals surface area contributed by atoms with E-state index in [2.05, 4.69) is 15.3 Å². The zero-order chi connectivity index (χ0) is 17.7. The highest BCUT2D eigenvalue weighted by Crippen LogP contribution is 2.38. The van der Waals surface area contributed by atoms with Crippen molar-refractivity contribution in [1.82, 2.24) is 9.97 Å². The van der Waals surface area contributed by atoms with Crippen LogP contribution in [0.2, 0.25) is 5.02 Å². The number of nitrogens with one attached hydrogen (secondary N) is 2. The van der Waals surface area contributed by atoms with Gasteiger partial charge in [0.25, 0.3) is 5.91 Å². The van der Waals surface area contributed by atoms with Crippen molar-refractivity contribution < 1.29 is 14.3 Å². The van der Waals surface area contributed by atoms with E-state index in [1.165, 1.54) is 11.3 Å². The van der Waals surface area contributed by atoms with Crippen LogP contribution in [0.1, 0.15) is 10.5 Å². The molecule has 8 heteroatoms. The summed E-state index contributed by atoms with van der Waals surface area (Å²) in [5, 5.41) is 4.51. The molecule has 2 N–H and O–H groups in total. The Morgan fingerprint density at radius 1 is 1.19 bits per heavy atom. The standard InChI is InChI=1S/C18H12ClN3O3S/c19-15-9-3-1-2-4-10(9)20-16(15)17(23)22-18-21-11-7-12-13(8-14(11)26-18)25-6-5-24-12/h1-4,7-8,20H,5-6H2,(H,21,22,23). The second-order valence-electron chi connectivity index (χ2n) is 5.80. The summed E-state index contributed by atoms with van der Waals surface area (Å²) in [4.78, 5) is 20.1. The van der Waals surface area contributed by atoms with E-state index in [0.717, 1.165) is 21.1 Å². The van der Waals surface area contributed by atoms with Gasteiger partial charge < -0.3 is 14.5 Å². The van der Waals surface area contributed by atoms with Gasteiger partial charge in [0.15, 0.2) is 16.6 Å². The Balaban J connectivity index is 1.48.